The summed E-state index contributed by atoms with van der Waals surface area (Å²) in [5, 5.41) is 7.96. The number of anilines is 1. The molecule has 4 rings (SSSR count). The predicted octanol–water partition coefficient (Wildman–Crippen LogP) is 2.89. The summed E-state index contributed by atoms with van der Waals surface area (Å²) < 4.78 is 21.3. The van der Waals surface area contributed by atoms with Gasteiger partial charge >= 0.3 is 0 Å². The topological polar surface area (TPSA) is 107 Å². The van der Waals surface area contributed by atoms with Crippen LogP contribution >= 0.6 is 0 Å². The van der Waals surface area contributed by atoms with Crippen LogP contribution in [0.5, 0.6) is 5.75 Å². The van der Waals surface area contributed by atoms with Crippen molar-refractivity contribution in [1.82, 2.24) is 24.8 Å². The lowest BCUT2D eigenvalue weighted by atomic mass is 10.1. The van der Waals surface area contributed by atoms with Gasteiger partial charge in [0.15, 0.2) is 0 Å². The van der Waals surface area contributed by atoms with Gasteiger partial charge < -0.3 is 10.5 Å². The van der Waals surface area contributed by atoms with E-state index in [4.69, 9.17) is 10.5 Å². The maximum Gasteiger partial charge on any atom is 0.272 e. The van der Waals surface area contributed by atoms with E-state index in [1.807, 2.05) is 0 Å². The fourth-order valence-corrected chi connectivity index (χ4v) is 3.67. The maximum atomic E-state index is 14.6. The quantitative estimate of drug-likeness (QED) is 0.479. The Hall–Kier alpha value is -4.21. The van der Waals surface area contributed by atoms with Gasteiger partial charge in [-0.05, 0) is 24.3 Å². The van der Waals surface area contributed by atoms with E-state index in [1.165, 1.54) is 38.2 Å². The molecule has 10 heteroatoms. The number of hydrogen-bond donors (Lipinski definition) is 1. The molecule has 170 valence electrons. The Labute approximate surface area is 189 Å². The van der Waals surface area contributed by atoms with Crippen molar-refractivity contribution in [1.29, 1.82) is 0 Å². The summed E-state index contributed by atoms with van der Waals surface area (Å²) >= 11 is 0. The van der Waals surface area contributed by atoms with Crippen LogP contribution in [0.4, 0.5) is 10.2 Å². The third kappa shape index (κ3) is 3.91. The molecule has 2 N–H and O–H groups in total. The van der Waals surface area contributed by atoms with E-state index >= 15 is 0 Å². The fourth-order valence-electron chi connectivity index (χ4n) is 3.67. The van der Waals surface area contributed by atoms with Crippen molar-refractivity contribution >= 4 is 39.4 Å². The lowest BCUT2D eigenvalue weighted by molar-refractivity contribution is -0.140. The summed E-state index contributed by atoms with van der Waals surface area (Å²) in [6.45, 7) is 1.18. The molecule has 0 unspecified atom stereocenters. The summed E-state index contributed by atoms with van der Waals surface area (Å²) in [4.78, 5) is 30.0. The molecule has 0 atom stereocenters. The number of aromatic nitrogens is 3. The van der Waals surface area contributed by atoms with E-state index < -0.39 is 11.7 Å². The summed E-state index contributed by atoms with van der Waals surface area (Å²) in [6.07, 6.45) is 1.62. The smallest absolute Gasteiger partial charge is 0.272 e. The highest BCUT2D eigenvalue weighted by Gasteiger charge is 2.25. The van der Waals surface area contributed by atoms with Gasteiger partial charge in [0.05, 0.1) is 36.3 Å². The number of hydrazine groups is 1. The van der Waals surface area contributed by atoms with Gasteiger partial charge in [-0.15, -0.1) is 0 Å². The number of amides is 2. The standard InChI is InChI=1S/C23H23FN6O3/c1-13(31)29(3)30(12-15-5-7-16(33-4)10-19(15)24)23(32)14-6-8-20-17(9-14)21-18(22(25)27-20)11-26-28(21)2/h5-11H,12H2,1-4H3,(H2,25,27). The molecule has 2 aromatic heterocycles. The minimum Gasteiger partial charge on any atom is -0.497 e. The number of ether oxygens (including phenoxy) is 1. The Morgan fingerprint density at radius 1 is 1.18 bits per heavy atom. The van der Waals surface area contributed by atoms with Crippen molar-refractivity contribution in [3.63, 3.8) is 0 Å². The summed E-state index contributed by atoms with van der Waals surface area (Å²) in [6, 6.07) is 9.32. The second kappa shape index (κ2) is 8.38. The Balaban J connectivity index is 1.79. The van der Waals surface area contributed by atoms with Crippen LogP contribution in [0, 0.1) is 5.82 Å². The van der Waals surface area contributed by atoms with Crippen molar-refractivity contribution in [2.24, 2.45) is 7.05 Å². The number of hydrogen-bond acceptors (Lipinski definition) is 6. The Kier molecular flexibility index (Phi) is 5.59. The number of nitrogens with two attached hydrogens (primary N) is 1. The van der Waals surface area contributed by atoms with Crippen LogP contribution in [-0.2, 0) is 18.4 Å². The number of nitrogen functional groups attached to an aromatic ring is 1. The van der Waals surface area contributed by atoms with Crippen LogP contribution in [0.1, 0.15) is 22.8 Å². The average molecular weight is 450 g/mol. The molecule has 0 saturated carbocycles. The van der Waals surface area contributed by atoms with Crippen LogP contribution in [0.3, 0.4) is 0 Å². The monoisotopic (exact) mass is 450 g/mol. The van der Waals surface area contributed by atoms with Gasteiger partial charge in [0.25, 0.3) is 5.91 Å². The molecule has 2 amide bonds. The molecule has 4 aromatic rings. The first-order chi connectivity index (χ1) is 15.7. The number of pyridine rings is 1. The van der Waals surface area contributed by atoms with Crippen LogP contribution in [-0.4, -0.2) is 50.8 Å². The molecular formula is C23H23FN6O3. The predicted molar refractivity (Wildman–Crippen MR) is 122 cm³/mol. The van der Waals surface area contributed by atoms with Gasteiger partial charge in [-0.3, -0.25) is 19.3 Å². The Morgan fingerprint density at radius 2 is 1.94 bits per heavy atom. The zero-order valence-corrected chi connectivity index (χ0v) is 18.7. The normalized spacial score (nSPS) is 11.1. The van der Waals surface area contributed by atoms with Gasteiger partial charge in [-0.25, -0.2) is 14.4 Å². The second-order valence-corrected chi connectivity index (χ2v) is 7.62. The Bertz CT molecular complexity index is 1400. The molecule has 9 nitrogen and oxygen atoms in total. The van der Waals surface area contributed by atoms with Crippen molar-refractivity contribution in [2.45, 2.75) is 13.5 Å². The highest BCUT2D eigenvalue weighted by atomic mass is 19.1. The fraction of sp³-hybridized carbons (Fsp3) is 0.217. The molecule has 0 spiro atoms. The van der Waals surface area contributed by atoms with Crippen LogP contribution in [0.15, 0.2) is 42.6 Å². The van der Waals surface area contributed by atoms with E-state index in [0.29, 0.717) is 33.4 Å². The number of halogens is 1. The summed E-state index contributed by atoms with van der Waals surface area (Å²) in [5.41, 5.74) is 7.93. The van der Waals surface area contributed by atoms with E-state index in [9.17, 15) is 14.0 Å². The zero-order chi connectivity index (χ0) is 23.9. The van der Waals surface area contributed by atoms with Crippen molar-refractivity contribution < 1.29 is 18.7 Å². The maximum absolute atomic E-state index is 14.6. The molecule has 33 heavy (non-hydrogen) atoms. The molecule has 2 aromatic carbocycles. The van der Waals surface area contributed by atoms with E-state index in [-0.39, 0.29) is 18.0 Å². The highest BCUT2D eigenvalue weighted by Crippen LogP contribution is 2.29. The SMILES string of the molecule is COc1ccc(CN(C(=O)c2ccc3nc(N)c4cnn(C)c4c3c2)N(C)C(C)=O)c(F)c1. The minimum atomic E-state index is -0.543. The number of aryl methyl sites for hydroxylation is 1. The number of carbonyl (C=O) groups is 2. The average Bonchev–Trinajstić information content (AvgIpc) is 3.19. The zero-order valence-electron chi connectivity index (χ0n) is 18.7. The Morgan fingerprint density at radius 3 is 2.61 bits per heavy atom. The van der Waals surface area contributed by atoms with Crippen molar-refractivity contribution in [2.75, 3.05) is 19.9 Å². The number of methoxy groups -OCH3 is 1. The van der Waals surface area contributed by atoms with Crippen LogP contribution in [0.2, 0.25) is 0 Å². The highest BCUT2D eigenvalue weighted by molar-refractivity contribution is 6.10. The molecular weight excluding hydrogens is 427 g/mol. The molecule has 0 aliphatic heterocycles. The van der Waals surface area contributed by atoms with E-state index in [1.54, 1.807) is 42.2 Å². The third-order valence-electron chi connectivity index (χ3n) is 5.59. The number of fused-ring (bicyclic) bond motifs is 3. The second-order valence-electron chi connectivity index (χ2n) is 7.62. The molecule has 0 fully saturated rings. The molecule has 0 aliphatic carbocycles. The summed E-state index contributed by atoms with van der Waals surface area (Å²) in [7, 11) is 4.68. The van der Waals surface area contributed by atoms with Gasteiger partial charge in [0, 0.05) is 43.6 Å². The number of rotatable bonds is 4. The first-order valence-corrected chi connectivity index (χ1v) is 10.1. The lowest BCUT2D eigenvalue weighted by Crippen LogP contribution is -2.46. The third-order valence-corrected chi connectivity index (χ3v) is 5.59. The van der Waals surface area contributed by atoms with Crippen molar-refractivity contribution in [3.05, 3.63) is 59.5 Å². The van der Waals surface area contributed by atoms with Crippen LogP contribution in [0.25, 0.3) is 21.8 Å². The van der Waals surface area contributed by atoms with Gasteiger partial charge in [0.2, 0.25) is 5.91 Å². The lowest BCUT2D eigenvalue weighted by Gasteiger charge is -2.31. The molecule has 0 bridgehead atoms. The number of nitrogens with zero attached hydrogens (tertiary/aromatic N) is 5. The molecule has 2 heterocycles. The number of benzene rings is 2. The number of carbonyl (C=O) groups excluding carboxylic acids is 2. The van der Waals surface area contributed by atoms with Crippen molar-refractivity contribution in [3.8, 4) is 5.75 Å². The molecule has 0 saturated heterocycles. The molecule has 0 radical (unpaired) electrons. The first-order valence-electron chi connectivity index (χ1n) is 10.1. The largest absolute Gasteiger partial charge is 0.497 e. The molecule has 0 aliphatic rings. The van der Waals surface area contributed by atoms with E-state index in [0.717, 1.165) is 10.5 Å². The summed E-state index contributed by atoms with van der Waals surface area (Å²) in [5.74, 6) is -0.689. The van der Waals surface area contributed by atoms with Crippen LogP contribution < -0.4 is 10.5 Å². The van der Waals surface area contributed by atoms with E-state index in [2.05, 4.69) is 10.1 Å². The van der Waals surface area contributed by atoms with Gasteiger partial charge in [0.1, 0.15) is 17.4 Å². The first kappa shape index (κ1) is 22.0. The van der Waals surface area contributed by atoms with Gasteiger partial charge in [-0.2, -0.15) is 5.10 Å². The van der Waals surface area contributed by atoms with Gasteiger partial charge in [-0.1, -0.05) is 6.07 Å². The minimum absolute atomic E-state index is 0.149.